The third kappa shape index (κ3) is 1.91. The zero-order valence-corrected chi connectivity index (χ0v) is 10.1. The highest BCUT2D eigenvalue weighted by molar-refractivity contribution is 5.73. The first-order valence-corrected chi connectivity index (χ1v) is 6.12. The van der Waals surface area contributed by atoms with Crippen LogP contribution in [0.15, 0.2) is 18.2 Å². The number of halogens is 3. The van der Waals surface area contributed by atoms with E-state index in [1.54, 1.807) is 0 Å². The van der Waals surface area contributed by atoms with Crippen molar-refractivity contribution >= 4 is 11.4 Å². The van der Waals surface area contributed by atoms with Crippen LogP contribution < -0.4 is 10.6 Å². The lowest BCUT2D eigenvalue weighted by Gasteiger charge is -2.38. The molecule has 1 aromatic rings. The first-order valence-electron chi connectivity index (χ1n) is 6.12. The Morgan fingerprint density at radius 1 is 1.22 bits per heavy atom. The zero-order chi connectivity index (χ0) is 13.0. The normalized spacial score (nSPS) is 27.1. The molecule has 1 aromatic carbocycles. The van der Waals surface area contributed by atoms with Crippen LogP contribution in [0.2, 0.25) is 0 Å². The van der Waals surface area contributed by atoms with Gasteiger partial charge in [0.05, 0.1) is 22.5 Å². The van der Waals surface area contributed by atoms with E-state index >= 15 is 0 Å². The Labute approximate surface area is 104 Å². The minimum Gasteiger partial charge on any atom is -0.381 e. The van der Waals surface area contributed by atoms with E-state index in [-0.39, 0.29) is 5.54 Å². The predicted octanol–water partition coefficient (Wildman–Crippen LogP) is 3.71. The SMILES string of the molecule is CC1(C2CC2)CNc2cc(C(F)(F)F)ccc2N1. The number of anilines is 2. The minimum atomic E-state index is -4.28. The van der Waals surface area contributed by atoms with Crippen molar-refractivity contribution in [2.24, 2.45) is 5.92 Å². The van der Waals surface area contributed by atoms with Crippen molar-refractivity contribution in [3.8, 4) is 0 Å². The largest absolute Gasteiger partial charge is 0.416 e. The van der Waals surface area contributed by atoms with Crippen LogP contribution in [0.1, 0.15) is 25.3 Å². The van der Waals surface area contributed by atoms with Gasteiger partial charge in [0.1, 0.15) is 0 Å². The summed E-state index contributed by atoms with van der Waals surface area (Å²) >= 11 is 0. The van der Waals surface area contributed by atoms with Gasteiger partial charge in [-0.25, -0.2) is 0 Å². The third-order valence-corrected chi connectivity index (χ3v) is 3.89. The van der Waals surface area contributed by atoms with Crippen molar-refractivity contribution < 1.29 is 13.2 Å². The molecule has 2 aliphatic rings. The lowest BCUT2D eigenvalue weighted by atomic mass is 9.92. The van der Waals surface area contributed by atoms with E-state index in [0.29, 0.717) is 18.2 Å². The monoisotopic (exact) mass is 256 g/mol. The molecule has 1 atom stereocenters. The first kappa shape index (κ1) is 11.7. The number of nitrogens with one attached hydrogen (secondary N) is 2. The number of hydrogen-bond acceptors (Lipinski definition) is 2. The van der Waals surface area contributed by atoms with Gasteiger partial charge in [-0.3, -0.25) is 0 Å². The van der Waals surface area contributed by atoms with E-state index in [2.05, 4.69) is 17.6 Å². The Morgan fingerprint density at radius 3 is 2.56 bits per heavy atom. The Kier molecular flexibility index (Phi) is 2.31. The Morgan fingerprint density at radius 2 is 1.94 bits per heavy atom. The van der Waals surface area contributed by atoms with Crippen molar-refractivity contribution in [2.75, 3.05) is 17.2 Å². The quantitative estimate of drug-likeness (QED) is 0.800. The molecule has 98 valence electrons. The summed E-state index contributed by atoms with van der Waals surface area (Å²) in [6.07, 6.45) is -1.89. The molecule has 0 aromatic heterocycles. The van der Waals surface area contributed by atoms with Gasteiger partial charge in [0, 0.05) is 6.54 Å². The third-order valence-electron chi connectivity index (χ3n) is 3.89. The molecule has 0 radical (unpaired) electrons. The number of rotatable bonds is 1. The van der Waals surface area contributed by atoms with Crippen LogP contribution in [0.25, 0.3) is 0 Å². The topological polar surface area (TPSA) is 24.1 Å². The van der Waals surface area contributed by atoms with Crippen LogP contribution in [0.4, 0.5) is 24.5 Å². The van der Waals surface area contributed by atoms with Crippen LogP contribution >= 0.6 is 0 Å². The molecule has 1 heterocycles. The number of benzene rings is 1. The number of hydrogen-bond donors (Lipinski definition) is 2. The van der Waals surface area contributed by atoms with Crippen molar-refractivity contribution in [2.45, 2.75) is 31.5 Å². The Balaban J connectivity index is 1.90. The van der Waals surface area contributed by atoms with E-state index < -0.39 is 11.7 Å². The van der Waals surface area contributed by atoms with Gasteiger partial charge in [-0.1, -0.05) is 0 Å². The summed E-state index contributed by atoms with van der Waals surface area (Å²) in [5.74, 6) is 0.625. The van der Waals surface area contributed by atoms with Crippen LogP contribution in [-0.4, -0.2) is 12.1 Å². The standard InChI is InChI=1S/C13H15F3N2/c1-12(8-2-3-8)7-17-11-6-9(13(14,15)16)4-5-10(11)18-12/h4-6,8,17-18H,2-3,7H2,1H3. The molecule has 18 heavy (non-hydrogen) atoms. The van der Waals surface area contributed by atoms with Crippen molar-refractivity contribution in [3.63, 3.8) is 0 Å². The summed E-state index contributed by atoms with van der Waals surface area (Å²) in [6, 6.07) is 3.83. The van der Waals surface area contributed by atoms with E-state index in [1.807, 2.05) is 0 Å². The summed E-state index contributed by atoms with van der Waals surface area (Å²) in [5.41, 5.74) is 0.671. The van der Waals surface area contributed by atoms with Gasteiger partial charge < -0.3 is 10.6 Å². The van der Waals surface area contributed by atoms with Gasteiger partial charge in [-0.15, -0.1) is 0 Å². The summed E-state index contributed by atoms with van der Waals surface area (Å²) in [7, 11) is 0. The van der Waals surface area contributed by atoms with Crippen molar-refractivity contribution in [1.82, 2.24) is 0 Å². The van der Waals surface area contributed by atoms with Crippen LogP contribution in [0, 0.1) is 5.92 Å². The van der Waals surface area contributed by atoms with E-state index in [1.165, 1.54) is 25.0 Å². The minimum absolute atomic E-state index is 0.0350. The number of fused-ring (bicyclic) bond motifs is 1. The average molecular weight is 256 g/mol. The summed E-state index contributed by atoms with van der Waals surface area (Å²) in [4.78, 5) is 0. The fourth-order valence-electron chi connectivity index (χ4n) is 2.57. The summed E-state index contributed by atoms with van der Waals surface area (Å²) in [6.45, 7) is 2.80. The van der Waals surface area contributed by atoms with Gasteiger partial charge >= 0.3 is 6.18 Å². The van der Waals surface area contributed by atoms with Crippen LogP contribution in [-0.2, 0) is 6.18 Å². The van der Waals surface area contributed by atoms with Gasteiger partial charge in [0.25, 0.3) is 0 Å². The number of alkyl halides is 3. The second-order valence-electron chi connectivity index (χ2n) is 5.43. The molecule has 5 heteroatoms. The fourth-order valence-corrected chi connectivity index (χ4v) is 2.57. The summed E-state index contributed by atoms with van der Waals surface area (Å²) < 4.78 is 37.8. The maximum absolute atomic E-state index is 12.6. The van der Waals surface area contributed by atoms with Gasteiger partial charge in [0.2, 0.25) is 0 Å². The molecule has 0 spiro atoms. The highest BCUT2D eigenvalue weighted by Gasteiger charge is 2.43. The molecule has 0 saturated heterocycles. The Hall–Kier alpha value is -1.39. The van der Waals surface area contributed by atoms with Crippen LogP contribution in [0.3, 0.4) is 0 Å². The maximum Gasteiger partial charge on any atom is 0.416 e. The molecule has 0 bridgehead atoms. The molecule has 1 aliphatic heterocycles. The zero-order valence-electron chi connectivity index (χ0n) is 10.1. The molecule has 1 saturated carbocycles. The molecule has 0 amide bonds. The summed E-state index contributed by atoms with van der Waals surface area (Å²) in [5, 5.41) is 6.51. The van der Waals surface area contributed by atoms with E-state index in [9.17, 15) is 13.2 Å². The molecular weight excluding hydrogens is 241 g/mol. The van der Waals surface area contributed by atoms with Crippen molar-refractivity contribution in [3.05, 3.63) is 23.8 Å². The lowest BCUT2D eigenvalue weighted by molar-refractivity contribution is -0.137. The van der Waals surface area contributed by atoms with Crippen molar-refractivity contribution in [1.29, 1.82) is 0 Å². The highest BCUT2D eigenvalue weighted by Crippen LogP contribution is 2.45. The second-order valence-corrected chi connectivity index (χ2v) is 5.43. The molecule has 1 aliphatic carbocycles. The fraction of sp³-hybridized carbons (Fsp3) is 0.538. The average Bonchev–Trinajstić information content (AvgIpc) is 3.11. The molecule has 1 fully saturated rings. The Bertz CT molecular complexity index is 480. The molecule has 1 unspecified atom stereocenters. The van der Waals surface area contributed by atoms with E-state index in [4.69, 9.17) is 0 Å². The lowest BCUT2D eigenvalue weighted by Crippen LogP contribution is -2.47. The molecule has 3 rings (SSSR count). The highest BCUT2D eigenvalue weighted by atomic mass is 19.4. The second kappa shape index (κ2) is 3.56. The molecular formula is C13H15F3N2. The van der Waals surface area contributed by atoms with Gasteiger partial charge in [0.15, 0.2) is 0 Å². The van der Waals surface area contributed by atoms with Gasteiger partial charge in [-0.05, 0) is 43.9 Å². The van der Waals surface area contributed by atoms with Gasteiger partial charge in [-0.2, -0.15) is 13.2 Å². The molecule has 2 nitrogen and oxygen atoms in total. The predicted molar refractivity (Wildman–Crippen MR) is 64.7 cm³/mol. The molecule has 2 N–H and O–H groups in total. The first-order chi connectivity index (χ1) is 8.38. The van der Waals surface area contributed by atoms with E-state index in [0.717, 1.165) is 11.8 Å². The maximum atomic E-state index is 12.6. The smallest absolute Gasteiger partial charge is 0.381 e. The van der Waals surface area contributed by atoms with Crippen LogP contribution in [0.5, 0.6) is 0 Å².